The number of ether oxygens (including phenoxy) is 1. The van der Waals surface area contributed by atoms with E-state index in [4.69, 9.17) is 32.4 Å². The van der Waals surface area contributed by atoms with Gasteiger partial charge in [-0.1, -0.05) is 47.5 Å². The number of halogens is 2. The van der Waals surface area contributed by atoms with Crippen LogP contribution in [0.15, 0.2) is 77.2 Å². The number of anilines is 1. The minimum Gasteiger partial charge on any atom is -0.479 e. The lowest BCUT2D eigenvalue weighted by Gasteiger charge is -2.16. The largest absolute Gasteiger partial charge is 0.479 e. The van der Waals surface area contributed by atoms with Crippen LogP contribution < -0.4 is 10.1 Å². The van der Waals surface area contributed by atoms with E-state index in [2.05, 4.69) is 15.5 Å². The first-order chi connectivity index (χ1) is 15.0. The first-order valence-corrected chi connectivity index (χ1v) is 10.2. The Morgan fingerprint density at radius 2 is 1.65 bits per heavy atom. The Labute approximate surface area is 188 Å². The second kappa shape index (κ2) is 9.20. The third-order valence-electron chi connectivity index (χ3n) is 4.39. The molecule has 31 heavy (non-hydrogen) atoms. The van der Waals surface area contributed by atoms with Crippen molar-refractivity contribution in [3.8, 4) is 28.7 Å². The Morgan fingerprint density at radius 3 is 2.39 bits per heavy atom. The number of hydrogen-bond donors (Lipinski definition) is 1. The van der Waals surface area contributed by atoms with Crippen molar-refractivity contribution >= 4 is 34.8 Å². The Kier molecular flexibility index (Phi) is 6.21. The highest BCUT2D eigenvalue weighted by Crippen LogP contribution is 2.29. The van der Waals surface area contributed by atoms with Gasteiger partial charge in [-0.2, -0.15) is 0 Å². The van der Waals surface area contributed by atoms with Crippen LogP contribution in [0.5, 0.6) is 5.75 Å². The summed E-state index contributed by atoms with van der Waals surface area (Å²) in [6, 6.07) is 21.4. The Hall–Kier alpha value is -3.35. The lowest BCUT2D eigenvalue weighted by Crippen LogP contribution is -2.30. The molecule has 0 aliphatic rings. The summed E-state index contributed by atoms with van der Waals surface area (Å²) in [4.78, 5) is 12.6. The molecule has 4 rings (SSSR count). The predicted octanol–water partition coefficient (Wildman–Crippen LogP) is 6.12. The fraction of sp³-hybridized carbons (Fsp3) is 0.0870. The molecule has 0 saturated carbocycles. The van der Waals surface area contributed by atoms with Crippen molar-refractivity contribution in [1.82, 2.24) is 10.2 Å². The van der Waals surface area contributed by atoms with Gasteiger partial charge in [-0.05, 0) is 55.5 Å². The molecule has 0 fully saturated rings. The normalized spacial score (nSPS) is 11.7. The molecule has 4 aromatic rings. The van der Waals surface area contributed by atoms with Gasteiger partial charge in [0.05, 0.1) is 5.02 Å². The predicted molar refractivity (Wildman–Crippen MR) is 120 cm³/mol. The third-order valence-corrected chi connectivity index (χ3v) is 4.92. The van der Waals surface area contributed by atoms with E-state index in [9.17, 15) is 4.79 Å². The quantitative estimate of drug-likeness (QED) is 0.380. The number of benzene rings is 3. The van der Waals surface area contributed by atoms with E-state index in [0.717, 1.165) is 5.56 Å². The number of hydrogen-bond acceptors (Lipinski definition) is 5. The van der Waals surface area contributed by atoms with Crippen molar-refractivity contribution in [3.63, 3.8) is 0 Å². The van der Waals surface area contributed by atoms with E-state index in [1.165, 1.54) is 0 Å². The van der Waals surface area contributed by atoms with E-state index in [1.807, 2.05) is 36.4 Å². The molecule has 0 bridgehead atoms. The number of amides is 1. The fourth-order valence-corrected chi connectivity index (χ4v) is 3.28. The van der Waals surface area contributed by atoms with E-state index in [1.54, 1.807) is 43.3 Å². The van der Waals surface area contributed by atoms with Gasteiger partial charge in [0.1, 0.15) is 5.75 Å². The molecule has 0 saturated heterocycles. The zero-order valence-electron chi connectivity index (χ0n) is 16.4. The average molecular weight is 454 g/mol. The summed E-state index contributed by atoms with van der Waals surface area (Å²) in [5.41, 5.74) is 2.08. The Balaban J connectivity index is 1.46. The molecule has 156 valence electrons. The molecule has 6 nitrogen and oxygen atoms in total. The van der Waals surface area contributed by atoms with E-state index < -0.39 is 6.10 Å². The summed E-state index contributed by atoms with van der Waals surface area (Å²) in [5.74, 6) is 0.819. The lowest BCUT2D eigenvalue weighted by atomic mass is 10.2. The molecule has 0 spiro atoms. The maximum atomic E-state index is 12.6. The fourth-order valence-electron chi connectivity index (χ4n) is 2.83. The van der Waals surface area contributed by atoms with E-state index in [-0.39, 0.29) is 5.91 Å². The van der Waals surface area contributed by atoms with Gasteiger partial charge in [0, 0.05) is 21.8 Å². The molecule has 8 heteroatoms. The van der Waals surface area contributed by atoms with Crippen molar-refractivity contribution in [2.75, 3.05) is 5.32 Å². The second-order valence-electron chi connectivity index (χ2n) is 6.68. The van der Waals surface area contributed by atoms with Crippen LogP contribution in [0.25, 0.3) is 22.9 Å². The molecule has 0 aliphatic carbocycles. The molecule has 0 radical (unpaired) electrons. The molecule has 3 aromatic carbocycles. The standard InChI is InChI=1S/C23H17Cl2N3O3/c1-14(30-20-11-10-17(24)13-19(20)25)21(29)26-18-9-5-8-16(12-18)23-28-27-22(31-23)15-6-3-2-4-7-15/h2-14H,1H3,(H,26,29)/t14-/m0/s1. The van der Waals surface area contributed by atoms with Crippen LogP contribution in [-0.4, -0.2) is 22.2 Å². The molecular weight excluding hydrogens is 437 g/mol. The molecule has 0 aliphatic heterocycles. The highest BCUT2D eigenvalue weighted by atomic mass is 35.5. The average Bonchev–Trinajstić information content (AvgIpc) is 3.27. The van der Waals surface area contributed by atoms with Crippen LogP contribution in [-0.2, 0) is 4.79 Å². The zero-order valence-corrected chi connectivity index (χ0v) is 17.9. The molecular formula is C23H17Cl2N3O3. The van der Waals surface area contributed by atoms with Crippen LogP contribution in [0.1, 0.15) is 6.92 Å². The highest BCUT2D eigenvalue weighted by molar-refractivity contribution is 6.35. The van der Waals surface area contributed by atoms with Gasteiger partial charge < -0.3 is 14.5 Å². The SMILES string of the molecule is C[C@H](Oc1ccc(Cl)cc1Cl)C(=O)Nc1cccc(-c2nnc(-c3ccccc3)o2)c1. The number of rotatable bonds is 6. The number of nitrogens with one attached hydrogen (secondary N) is 1. The molecule has 1 aromatic heterocycles. The lowest BCUT2D eigenvalue weighted by molar-refractivity contribution is -0.122. The molecule has 1 heterocycles. The van der Waals surface area contributed by atoms with Crippen molar-refractivity contribution in [2.45, 2.75) is 13.0 Å². The molecule has 1 amide bonds. The van der Waals surface area contributed by atoms with Gasteiger partial charge in [0.15, 0.2) is 6.10 Å². The number of carbonyl (C=O) groups excluding carboxylic acids is 1. The molecule has 0 unspecified atom stereocenters. The number of nitrogens with zero attached hydrogens (tertiary/aromatic N) is 2. The maximum absolute atomic E-state index is 12.6. The Bertz CT molecular complexity index is 1210. The maximum Gasteiger partial charge on any atom is 0.265 e. The van der Waals surface area contributed by atoms with Crippen LogP contribution in [0.3, 0.4) is 0 Å². The smallest absolute Gasteiger partial charge is 0.265 e. The summed E-state index contributed by atoms with van der Waals surface area (Å²) in [6.45, 7) is 1.63. The summed E-state index contributed by atoms with van der Waals surface area (Å²) in [6.07, 6.45) is -0.782. The molecule has 1 N–H and O–H groups in total. The number of aromatic nitrogens is 2. The first kappa shape index (κ1) is 20.9. The third kappa shape index (κ3) is 5.05. The van der Waals surface area contributed by atoms with Crippen molar-refractivity contribution in [2.24, 2.45) is 0 Å². The van der Waals surface area contributed by atoms with Gasteiger partial charge in [0.2, 0.25) is 11.8 Å². The highest BCUT2D eigenvalue weighted by Gasteiger charge is 2.17. The van der Waals surface area contributed by atoms with Crippen LogP contribution in [0, 0.1) is 0 Å². The number of carbonyl (C=O) groups is 1. The van der Waals surface area contributed by atoms with Crippen molar-refractivity contribution < 1.29 is 13.9 Å². The van der Waals surface area contributed by atoms with Gasteiger partial charge in [0.25, 0.3) is 5.91 Å². The topological polar surface area (TPSA) is 77.2 Å². The van der Waals surface area contributed by atoms with Crippen molar-refractivity contribution in [3.05, 3.63) is 82.8 Å². The van der Waals surface area contributed by atoms with Gasteiger partial charge in [-0.15, -0.1) is 10.2 Å². The second-order valence-corrected chi connectivity index (χ2v) is 7.53. The summed E-state index contributed by atoms with van der Waals surface area (Å²) in [5, 5.41) is 11.8. The van der Waals surface area contributed by atoms with Crippen LogP contribution in [0.4, 0.5) is 5.69 Å². The molecule has 1 atom stereocenters. The van der Waals surface area contributed by atoms with Gasteiger partial charge in [-0.25, -0.2) is 0 Å². The van der Waals surface area contributed by atoms with E-state index in [0.29, 0.717) is 38.8 Å². The van der Waals surface area contributed by atoms with Gasteiger partial charge in [-0.3, -0.25) is 4.79 Å². The van der Waals surface area contributed by atoms with Gasteiger partial charge >= 0.3 is 0 Å². The summed E-state index contributed by atoms with van der Waals surface area (Å²) < 4.78 is 11.4. The summed E-state index contributed by atoms with van der Waals surface area (Å²) in [7, 11) is 0. The zero-order chi connectivity index (χ0) is 21.8. The minimum atomic E-state index is -0.782. The van der Waals surface area contributed by atoms with Crippen LogP contribution in [0.2, 0.25) is 10.0 Å². The monoisotopic (exact) mass is 453 g/mol. The van der Waals surface area contributed by atoms with Crippen LogP contribution >= 0.6 is 23.2 Å². The van der Waals surface area contributed by atoms with E-state index >= 15 is 0 Å². The Morgan fingerprint density at radius 1 is 0.935 bits per heavy atom. The first-order valence-electron chi connectivity index (χ1n) is 9.41. The summed E-state index contributed by atoms with van der Waals surface area (Å²) >= 11 is 12.0. The van der Waals surface area contributed by atoms with Crippen molar-refractivity contribution in [1.29, 1.82) is 0 Å². The minimum absolute atomic E-state index is 0.333.